The minimum atomic E-state index is -1.25. The first-order chi connectivity index (χ1) is 15.3. The molecule has 1 aliphatic rings. The highest BCUT2D eigenvalue weighted by Crippen LogP contribution is 2.40. The number of methoxy groups -OCH3 is 1. The van der Waals surface area contributed by atoms with Gasteiger partial charge in [0.15, 0.2) is 0 Å². The molecule has 3 amide bonds. The first-order valence-corrected chi connectivity index (χ1v) is 10.2. The van der Waals surface area contributed by atoms with Crippen LogP contribution in [0.25, 0.3) is 11.0 Å². The molecule has 0 spiro atoms. The van der Waals surface area contributed by atoms with Crippen molar-refractivity contribution in [3.05, 3.63) is 66.0 Å². The molecular weight excluding hydrogens is 408 g/mol. The lowest BCUT2D eigenvalue weighted by atomic mass is 9.75. The Morgan fingerprint density at radius 2 is 1.88 bits per heavy atom. The molecular formula is C24H24N4O4. The molecule has 1 saturated heterocycles. The zero-order chi connectivity index (χ0) is 22.9. The third-order valence-electron chi connectivity index (χ3n) is 6.00. The van der Waals surface area contributed by atoms with Gasteiger partial charge in [-0.05, 0) is 35.4 Å². The minimum Gasteiger partial charge on any atom is -0.497 e. The summed E-state index contributed by atoms with van der Waals surface area (Å²) in [6.07, 6.45) is 3.09. The van der Waals surface area contributed by atoms with Gasteiger partial charge in [-0.2, -0.15) is 0 Å². The van der Waals surface area contributed by atoms with Crippen LogP contribution in [0.3, 0.4) is 0 Å². The van der Waals surface area contributed by atoms with E-state index < -0.39 is 5.41 Å². The topological polar surface area (TPSA) is 92.7 Å². The minimum absolute atomic E-state index is 0.0549. The van der Waals surface area contributed by atoms with E-state index in [2.05, 4.69) is 9.97 Å². The van der Waals surface area contributed by atoms with Crippen LogP contribution in [0.2, 0.25) is 0 Å². The highest BCUT2D eigenvalue weighted by molar-refractivity contribution is 6.10. The van der Waals surface area contributed by atoms with Gasteiger partial charge < -0.3 is 9.64 Å². The van der Waals surface area contributed by atoms with Crippen LogP contribution in [-0.2, 0) is 26.3 Å². The molecule has 0 saturated carbocycles. The lowest BCUT2D eigenvalue weighted by Gasteiger charge is -2.29. The van der Waals surface area contributed by atoms with E-state index >= 15 is 0 Å². The zero-order valence-electron chi connectivity index (χ0n) is 18.2. The Labute approximate surface area is 185 Å². The van der Waals surface area contributed by atoms with Crippen molar-refractivity contribution < 1.29 is 19.1 Å². The molecule has 0 radical (unpaired) electrons. The summed E-state index contributed by atoms with van der Waals surface area (Å²) >= 11 is 0. The molecule has 0 N–H and O–H groups in total. The largest absolute Gasteiger partial charge is 0.497 e. The van der Waals surface area contributed by atoms with Crippen LogP contribution in [0.4, 0.5) is 0 Å². The number of likely N-dealkylation sites (tertiary alicyclic amines) is 1. The number of benzene rings is 2. The summed E-state index contributed by atoms with van der Waals surface area (Å²) in [7, 11) is 4.68. The normalized spacial score (nSPS) is 18.3. The smallest absolute Gasteiger partial charge is 0.240 e. The van der Waals surface area contributed by atoms with E-state index in [-0.39, 0.29) is 30.6 Å². The Morgan fingerprint density at radius 1 is 1.12 bits per heavy atom. The van der Waals surface area contributed by atoms with Crippen molar-refractivity contribution in [3.8, 4) is 5.75 Å². The van der Waals surface area contributed by atoms with E-state index in [4.69, 9.17) is 4.74 Å². The van der Waals surface area contributed by atoms with Crippen LogP contribution in [0.5, 0.6) is 5.75 Å². The average molecular weight is 432 g/mol. The number of hydrogen-bond donors (Lipinski definition) is 0. The molecule has 1 aromatic heterocycles. The molecule has 1 unspecified atom stereocenters. The maximum atomic E-state index is 13.2. The number of nitrogens with zero attached hydrogens (tertiary/aromatic N) is 4. The zero-order valence-corrected chi connectivity index (χ0v) is 18.2. The van der Waals surface area contributed by atoms with Gasteiger partial charge in [-0.1, -0.05) is 18.2 Å². The van der Waals surface area contributed by atoms with Gasteiger partial charge in [0, 0.05) is 45.9 Å². The number of carbonyl (C=O) groups is 3. The number of ether oxygens (including phenoxy) is 1. The predicted octanol–water partition coefficient (Wildman–Crippen LogP) is 2.31. The van der Waals surface area contributed by atoms with E-state index in [1.165, 1.54) is 14.2 Å². The Balaban J connectivity index is 1.60. The molecule has 1 aliphatic heterocycles. The molecule has 8 heteroatoms. The summed E-state index contributed by atoms with van der Waals surface area (Å²) in [6, 6.07) is 12.7. The van der Waals surface area contributed by atoms with Crippen molar-refractivity contribution in [2.75, 3.05) is 21.2 Å². The quantitative estimate of drug-likeness (QED) is 0.555. The third-order valence-corrected chi connectivity index (χ3v) is 6.00. The fourth-order valence-corrected chi connectivity index (χ4v) is 4.14. The van der Waals surface area contributed by atoms with Crippen molar-refractivity contribution in [2.45, 2.75) is 24.8 Å². The third kappa shape index (κ3) is 3.79. The van der Waals surface area contributed by atoms with Gasteiger partial charge >= 0.3 is 0 Å². The molecule has 2 heterocycles. The molecule has 32 heavy (non-hydrogen) atoms. The standard InChI is InChI=1S/C24H24N4O4/c1-27(15-16-7-8-19-20(11-16)26-10-9-25-19)21(29)13-24(14-22(30)28(2)23(24)31)17-5-4-6-18(12-17)32-3/h4-12H,13-15H2,1-3H3. The summed E-state index contributed by atoms with van der Waals surface area (Å²) < 4.78 is 5.30. The SMILES string of the molecule is COc1cccc(C2(CC(=O)N(C)Cc3ccc4nccnc4c3)CC(=O)N(C)C2=O)c1. The van der Waals surface area contributed by atoms with Gasteiger partial charge in [0.2, 0.25) is 17.7 Å². The number of rotatable bonds is 6. The van der Waals surface area contributed by atoms with E-state index in [0.717, 1.165) is 21.5 Å². The molecule has 0 aliphatic carbocycles. The van der Waals surface area contributed by atoms with Crippen molar-refractivity contribution in [1.82, 2.24) is 19.8 Å². The predicted molar refractivity (Wildman–Crippen MR) is 118 cm³/mol. The second-order valence-corrected chi connectivity index (χ2v) is 8.05. The number of carbonyl (C=O) groups excluding carboxylic acids is 3. The van der Waals surface area contributed by atoms with Crippen molar-refractivity contribution in [2.24, 2.45) is 0 Å². The number of imide groups is 1. The van der Waals surface area contributed by atoms with E-state index in [1.54, 1.807) is 48.6 Å². The van der Waals surface area contributed by atoms with Crippen LogP contribution in [0.1, 0.15) is 24.0 Å². The lowest BCUT2D eigenvalue weighted by Crippen LogP contribution is -2.41. The Bertz CT molecular complexity index is 1210. The fourth-order valence-electron chi connectivity index (χ4n) is 4.14. The van der Waals surface area contributed by atoms with Crippen LogP contribution < -0.4 is 4.74 Å². The highest BCUT2D eigenvalue weighted by Gasteiger charge is 2.52. The molecule has 2 aromatic carbocycles. The van der Waals surface area contributed by atoms with Crippen molar-refractivity contribution in [3.63, 3.8) is 0 Å². The van der Waals surface area contributed by atoms with Crippen LogP contribution in [0.15, 0.2) is 54.9 Å². The van der Waals surface area contributed by atoms with E-state index in [0.29, 0.717) is 17.9 Å². The number of amides is 3. The Hall–Kier alpha value is -3.81. The van der Waals surface area contributed by atoms with Gasteiger partial charge in [-0.25, -0.2) is 0 Å². The first kappa shape index (κ1) is 21.4. The van der Waals surface area contributed by atoms with Gasteiger partial charge in [0.1, 0.15) is 5.75 Å². The summed E-state index contributed by atoms with van der Waals surface area (Å²) in [5, 5.41) is 0. The molecule has 3 aromatic rings. The molecule has 1 atom stereocenters. The Kier molecular flexibility index (Phi) is 5.61. The van der Waals surface area contributed by atoms with Crippen molar-refractivity contribution >= 4 is 28.8 Å². The number of likely N-dealkylation sites (N-methyl/N-ethyl adjacent to an activating group) is 1. The maximum absolute atomic E-state index is 13.2. The number of aromatic nitrogens is 2. The monoisotopic (exact) mass is 432 g/mol. The second-order valence-electron chi connectivity index (χ2n) is 8.05. The summed E-state index contributed by atoms with van der Waals surface area (Å²) in [5.41, 5.74) is 1.77. The van der Waals surface area contributed by atoms with Crippen LogP contribution in [-0.4, -0.2) is 58.7 Å². The van der Waals surface area contributed by atoms with E-state index in [9.17, 15) is 14.4 Å². The number of hydrogen-bond acceptors (Lipinski definition) is 6. The molecule has 4 rings (SSSR count). The second kappa shape index (κ2) is 8.37. The molecule has 164 valence electrons. The van der Waals surface area contributed by atoms with Gasteiger partial charge in [0.25, 0.3) is 0 Å². The lowest BCUT2D eigenvalue weighted by molar-refractivity contribution is -0.141. The van der Waals surface area contributed by atoms with Crippen LogP contribution in [0, 0.1) is 0 Å². The molecule has 1 fully saturated rings. The van der Waals surface area contributed by atoms with Gasteiger partial charge in [0.05, 0.1) is 23.6 Å². The number of fused-ring (bicyclic) bond motifs is 1. The summed E-state index contributed by atoms with van der Waals surface area (Å²) in [6.45, 7) is 0.345. The maximum Gasteiger partial charge on any atom is 0.240 e. The van der Waals surface area contributed by atoms with Gasteiger partial charge in [-0.15, -0.1) is 0 Å². The Morgan fingerprint density at radius 3 is 2.56 bits per heavy atom. The fraction of sp³-hybridized carbons (Fsp3) is 0.292. The summed E-state index contributed by atoms with van der Waals surface area (Å²) in [4.78, 5) is 50.1. The van der Waals surface area contributed by atoms with Gasteiger partial charge in [-0.3, -0.25) is 29.3 Å². The first-order valence-electron chi connectivity index (χ1n) is 10.2. The summed E-state index contributed by atoms with van der Waals surface area (Å²) in [5.74, 6) is -0.349. The van der Waals surface area contributed by atoms with Crippen molar-refractivity contribution in [1.29, 1.82) is 0 Å². The average Bonchev–Trinajstić information content (AvgIpc) is 3.03. The molecule has 0 bridgehead atoms. The van der Waals surface area contributed by atoms with E-state index in [1.807, 2.05) is 18.2 Å². The van der Waals surface area contributed by atoms with Crippen LogP contribution >= 0.6 is 0 Å². The molecule has 8 nitrogen and oxygen atoms in total. The highest BCUT2D eigenvalue weighted by atomic mass is 16.5.